The van der Waals surface area contributed by atoms with Crippen LogP contribution in [0.3, 0.4) is 0 Å². The largest absolute Gasteiger partial charge is 0.368 e. The maximum atomic E-state index is 5.85. The Hall–Kier alpha value is -3.46. The van der Waals surface area contributed by atoms with Crippen molar-refractivity contribution in [2.45, 2.75) is 17.8 Å². The molecule has 4 rings (SSSR count). The molecule has 9 heteroatoms. The lowest BCUT2D eigenvalue weighted by molar-refractivity contribution is 0.878. The first-order valence-electron chi connectivity index (χ1n) is 9.39. The van der Waals surface area contributed by atoms with Crippen molar-refractivity contribution in [1.82, 2.24) is 29.7 Å². The first-order chi connectivity index (χ1) is 14.5. The highest BCUT2D eigenvalue weighted by Gasteiger charge is 2.17. The summed E-state index contributed by atoms with van der Waals surface area (Å²) in [5, 5.41) is 9.67. The van der Waals surface area contributed by atoms with Gasteiger partial charge in [-0.05, 0) is 19.1 Å². The molecule has 0 aliphatic rings. The summed E-state index contributed by atoms with van der Waals surface area (Å²) >= 11 is 1.51. The van der Waals surface area contributed by atoms with E-state index in [1.807, 2.05) is 44.4 Å². The SMILES string of the molecule is Cc1ccc(-n2c(SCc3nc(N)nc(N(C)C)n3)nnc2-c2ccccc2)cc1. The smallest absolute Gasteiger partial charge is 0.229 e. The second-order valence-electron chi connectivity index (χ2n) is 6.94. The molecule has 0 spiro atoms. The zero-order valence-electron chi connectivity index (χ0n) is 17.0. The van der Waals surface area contributed by atoms with Crippen molar-refractivity contribution in [3.63, 3.8) is 0 Å². The van der Waals surface area contributed by atoms with Crippen LogP contribution in [0.5, 0.6) is 0 Å². The average molecular weight is 419 g/mol. The van der Waals surface area contributed by atoms with Gasteiger partial charge in [-0.1, -0.05) is 59.8 Å². The molecule has 2 aromatic heterocycles. The molecule has 0 radical (unpaired) electrons. The van der Waals surface area contributed by atoms with Crippen molar-refractivity contribution in [2.75, 3.05) is 24.7 Å². The van der Waals surface area contributed by atoms with E-state index in [-0.39, 0.29) is 5.95 Å². The zero-order valence-corrected chi connectivity index (χ0v) is 17.8. The van der Waals surface area contributed by atoms with E-state index in [1.165, 1.54) is 17.3 Å². The first-order valence-corrected chi connectivity index (χ1v) is 10.4. The van der Waals surface area contributed by atoms with E-state index >= 15 is 0 Å². The van der Waals surface area contributed by atoms with Crippen LogP contribution in [0.4, 0.5) is 11.9 Å². The fraction of sp³-hybridized carbons (Fsp3) is 0.190. The summed E-state index contributed by atoms with van der Waals surface area (Å²) in [6.45, 7) is 2.07. The topological polar surface area (TPSA) is 98.6 Å². The molecule has 0 aliphatic carbocycles. The number of hydrogen-bond acceptors (Lipinski definition) is 8. The number of nitrogen functional groups attached to an aromatic ring is 1. The predicted octanol–water partition coefficient (Wildman–Crippen LogP) is 3.37. The van der Waals surface area contributed by atoms with Crippen LogP contribution in [0, 0.1) is 6.92 Å². The van der Waals surface area contributed by atoms with Gasteiger partial charge in [-0.2, -0.15) is 15.0 Å². The summed E-state index contributed by atoms with van der Waals surface area (Å²) in [4.78, 5) is 14.7. The van der Waals surface area contributed by atoms with E-state index < -0.39 is 0 Å². The van der Waals surface area contributed by atoms with E-state index in [0.29, 0.717) is 17.5 Å². The Labute approximate surface area is 179 Å². The molecular weight excluding hydrogens is 396 g/mol. The summed E-state index contributed by atoms with van der Waals surface area (Å²) in [6.07, 6.45) is 0. The zero-order chi connectivity index (χ0) is 21.1. The Balaban J connectivity index is 1.70. The summed E-state index contributed by atoms with van der Waals surface area (Å²) < 4.78 is 2.05. The molecule has 2 heterocycles. The lowest BCUT2D eigenvalue weighted by Gasteiger charge is -2.12. The minimum atomic E-state index is 0.203. The Morgan fingerprint density at radius 2 is 1.67 bits per heavy atom. The maximum Gasteiger partial charge on any atom is 0.229 e. The van der Waals surface area contributed by atoms with Gasteiger partial charge in [0.1, 0.15) is 5.82 Å². The third kappa shape index (κ3) is 4.25. The van der Waals surface area contributed by atoms with Gasteiger partial charge in [-0.15, -0.1) is 10.2 Å². The van der Waals surface area contributed by atoms with E-state index in [1.54, 1.807) is 4.90 Å². The average Bonchev–Trinajstić information content (AvgIpc) is 3.17. The third-order valence-electron chi connectivity index (χ3n) is 4.38. The summed E-state index contributed by atoms with van der Waals surface area (Å²) in [5.74, 6) is 2.60. The second-order valence-corrected chi connectivity index (χ2v) is 7.88. The molecule has 4 aromatic rings. The van der Waals surface area contributed by atoms with E-state index in [2.05, 4.69) is 60.9 Å². The minimum absolute atomic E-state index is 0.203. The van der Waals surface area contributed by atoms with Crippen molar-refractivity contribution in [3.8, 4) is 17.1 Å². The van der Waals surface area contributed by atoms with E-state index in [9.17, 15) is 0 Å². The molecule has 2 N–H and O–H groups in total. The molecule has 0 aliphatic heterocycles. The van der Waals surface area contributed by atoms with Gasteiger partial charge in [0, 0.05) is 25.3 Å². The number of thioether (sulfide) groups is 1. The van der Waals surface area contributed by atoms with Crippen LogP contribution in [0.15, 0.2) is 59.8 Å². The van der Waals surface area contributed by atoms with Crippen LogP contribution >= 0.6 is 11.8 Å². The van der Waals surface area contributed by atoms with Crippen LogP contribution in [-0.4, -0.2) is 43.8 Å². The number of hydrogen-bond donors (Lipinski definition) is 1. The number of rotatable bonds is 6. The van der Waals surface area contributed by atoms with Gasteiger partial charge in [0.15, 0.2) is 11.0 Å². The number of aromatic nitrogens is 6. The highest BCUT2D eigenvalue weighted by molar-refractivity contribution is 7.98. The standard InChI is InChI=1S/C21H22N8S/c1-14-9-11-16(12-10-14)29-18(15-7-5-4-6-8-15)26-27-21(29)30-13-17-23-19(22)25-20(24-17)28(2)3/h4-12H,13H2,1-3H3,(H2,22,23,24,25). The molecule has 0 saturated carbocycles. The Kier molecular flexibility index (Phi) is 5.62. The lowest BCUT2D eigenvalue weighted by Crippen LogP contribution is -2.16. The van der Waals surface area contributed by atoms with Crippen LogP contribution in [-0.2, 0) is 5.75 Å². The van der Waals surface area contributed by atoms with Crippen molar-refractivity contribution < 1.29 is 0 Å². The molecule has 2 aromatic carbocycles. The monoisotopic (exact) mass is 418 g/mol. The fourth-order valence-electron chi connectivity index (χ4n) is 2.88. The van der Waals surface area contributed by atoms with E-state index in [4.69, 9.17) is 5.73 Å². The molecule has 30 heavy (non-hydrogen) atoms. The van der Waals surface area contributed by atoms with Crippen molar-refractivity contribution in [1.29, 1.82) is 0 Å². The van der Waals surface area contributed by atoms with Gasteiger partial charge in [-0.3, -0.25) is 4.57 Å². The Bertz CT molecular complexity index is 1140. The van der Waals surface area contributed by atoms with Crippen molar-refractivity contribution in [3.05, 3.63) is 66.0 Å². The molecule has 0 unspecified atom stereocenters. The van der Waals surface area contributed by atoms with Crippen molar-refractivity contribution >= 4 is 23.7 Å². The number of nitrogens with zero attached hydrogens (tertiary/aromatic N) is 7. The predicted molar refractivity (Wildman–Crippen MR) is 120 cm³/mol. The quantitative estimate of drug-likeness (QED) is 0.476. The minimum Gasteiger partial charge on any atom is -0.368 e. The van der Waals surface area contributed by atoms with Crippen LogP contribution in [0.25, 0.3) is 17.1 Å². The Morgan fingerprint density at radius 1 is 0.933 bits per heavy atom. The fourth-order valence-corrected chi connectivity index (χ4v) is 3.69. The van der Waals surface area contributed by atoms with Gasteiger partial charge in [-0.25, -0.2) is 0 Å². The van der Waals surface area contributed by atoms with Gasteiger partial charge in [0.2, 0.25) is 11.9 Å². The molecule has 0 saturated heterocycles. The van der Waals surface area contributed by atoms with Gasteiger partial charge in [0.25, 0.3) is 0 Å². The van der Waals surface area contributed by atoms with Gasteiger partial charge in [0.05, 0.1) is 5.75 Å². The summed E-state index contributed by atoms with van der Waals surface area (Å²) in [5.41, 5.74) is 9.04. The number of nitrogens with two attached hydrogens (primary N) is 1. The van der Waals surface area contributed by atoms with Crippen LogP contribution < -0.4 is 10.6 Å². The van der Waals surface area contributed by atoms with Gasteiger partial charge >= 0.3 is 0 Å². The van der Waals surface area contributed by atoms with Crippen molar-refractivity contribution in [2.24, 2.45) is 0 Å². The summed E-state index contributed by atoms with van der Waals surface area (Å²) in [7, 11) is 3.73. The number of anilines is 2. The summed E-state index contributed by atoms with van der Waals surface area (Å²) in [6, 6.07) is 18.3. The van der Waals surface area contributed by atoms with Crippen LogP contribution in [0.1, 0.15) is 11.4 Å². The van der Waals surface area contributed by atoms with Gasteiger partial charge < -0.3 is 10.6 Å². The molecule has 0 amide bonds. The van der Waals surface area contributed by atoms with Crippen LogP contribution in [0.2, 0.25) is 0 Å². The molecule has 0 fully saturated rings. The third-order valence-corrected chi connectivity index (χ3v) is 5.30. The number of benzene rings is 2. The maximum absolute atomic E-state index is 5.85. The molecule has 0 atom stereocenters. The number of aryl methyl sites for hydroxylation is 1. The normalized spacial score (nSPS) is 10.9. The molecule has 152 valence electrons. The first kappa shape index (κ1) is 19.8. The van der Waals surface area contributed by atoms with E-state index in [0.717, 1.165) is 22.2 Å². The lowest BCUT2D eigenvalue weighted by atomic mass is 10.2. The molecule has 0 bridgehead atoms. The second kappa shape index (κ2) is 8.50. The molecule has 8 nitrogen and oxygen atoms in total. The highest BCUT2D eigenvalue weighted by atomic mass is 32.2. The highest BCUT2D eigenvalue weighted by Crippen LogP contribution is 2.29. The Morgan fingerprint density at radius 3 is 2.37 bits per heavy atom. The molecular formula is C21H22N8S.